The van der Waals surface area contributed by atoms with Crippen LogP contribution in [0.1, 0.15) is 35.2 Å². The van der Waals surface area contributed by atoms with E-state index in [2.05, 4.69) is 4.98 Å². The molecule has 3 heteroatoms. The molecule has 1 aliphatic carbocycles. The van der Waals surface area contributed by atoms with E-state index in [1.54, 1.807) is 6.20 Å². The molecule has 0 bridgehead atoms. The second kappa shape index (κ2) is 2.19. The van der Waals surface area contributed by atoms with E-state index < -0.39 is 0 Å². The van der Waals surface area contributed by atoms with Crippen molar-refractivity contribution >= 4 is 6.29 Å². The average Bonchev–Trinajstić information content (AvgIpc) is 2.76. The molecule has 11 heavy (non-hydrogen) atoms. The molecule has 1 saturated carbocycles. The molecule has 0 radical (unpaired) electrons. The zero-order valence-electron chi connectivity index (χ0n) is 6.45. The summed E-state index contributed by atoms with van der Waals surface area (Å²) in [5.74, 6) is 0.953. The first kappa shape index (κ1) is 6.58. The normalized spacial score (nSPS) is 16.8. The predicted molar refractivity (Wildman–Crippen MR) is 40.6 cm³/mol. The third-order valence-corrected chi connectivity index (χ3v) is 2.04. The highest BCUT2D eigenvalue weighted by molar-refractivity contribution is 5.72. The molecule has 1 fully saturated rings. The van der Waals surface area contributed by atoms with Crippen LogP contribution in [0.5, 0.6) is 0 Å². The molecule has 0 aliphatic heterocycles. The Balaban J connectivity index is 2.46. The number of imidazole rings is 1. The van der Waals surface area contributed by atoms with Gasteiger partial charge in [0.05, 0.1) is 6.20 Å². The fourth-order valence-corrected chi connectivity index (χ4v) is 1.37. The topological polar surface area (TPSA) is 34.9 Å². The van der Waals surface area contributed by atoms with Gasteiger partial charge >= 0.3 is 0 Å². The van der Waals surface area contributed by atoms with Gasteiger partial charge in [-0.1, -0.05) is 0 Å². The van der Waals surface area contributed by atoms with Gasteiger partial charge in [0.1, 0.15) is 11.5 Å². The Morgan fingerprint density at radius 3 is 3.00 bits per heavy atom. The summed E-state index contributed by atoms with van der Waals surface area (Å²) in [7, 11) is 0. The van der Waals surface area contributed by atoms with Crippen LogP contribution >= 0.6 is 0 Å². The molecule has 0 amide bonds. The van der Waals surface area contributed by atoms with Crippen molar-refractivity contribution < 1.29 is 4.79 Å². The van der Waals surface area contributed by atoms with Crippen LogP contribution in [-0.4, -0.2) is 15.8 Å². The summed E-state index contributed by atoms with van der Waals surface area (Å²) in [6.07, 6.45) is 4.90. The number of aldehydes is 1. The smallest absolute Gasteiger partial charge is 0.168 e. The van der Waals surface area contributed by atoms with Crippen molar-refractivity contribution in [2.24, 2.45) is 0 Å². The Kier molecular flexibility index (Phi) is 1.31. The van der Waals surface area contributed by atoms with E-state index in [0.29, 0.717) is 11.7 Å². The molecule has 0 spiro atoms. The molecular formula is C8H10N2O. The van der Waals surface area contributed by atoms with Gasteiger partial charge in [-0.2, -0.15) is 0 Å². The summed E-state index contributed by atoms with van der Waals surface area (Å²) in [5.41, 5.74) is 0.713. The van der Waals surface area contributed by atoms with E-state index in [4.69, 9.17) is 0 Å². The monoisotopic (exact) mass is 150 g/mol. The highest BCUT2D eigenvalue weighted by Crippen LogP contribution is 2.36. The molecule has 3 nitrogen and oxygen atoms in total. The summed E-state index contributed by atoms with van der Waals surface area (Å²) in [4.78, 5) is 14.6. The van der Waals surface area contributed by atoms with Crippen LogP contribution in [0.2, 0.25) is 0 Å². The molecular weight excluding hydrogens is 140 g/mol. The van der Waals surface area contributed by atoms with Crippen LogP contribution in [0.25, 0.3) is 0 Å². The van der Waals surface area contributed by atoms with Crippen molar-refractivity contribution in [1.29, 1.82) is 0 Å². The summed E-state index contributed by atoms with van der Waals surface area (Å²) in [6, 6.07) is 0.553. The maximum Gasteiger partial charge on any atom is 0.168 e. The summed E-state index contributed by atoms with van der Waals surface area (Å²) in [5, 5.41) is 0. The molecule has 1 aromatic heterocycles. The number of aromatic nitrogens is 2. The zero-order valence-corrected chi connectivity index (χ0v) is 6.45. The summed E-state index contributed by atoms with van der Waals surface area (Å²) >= 11 is 0. The Morgan fingerprint density at radius 1 is 1.73 bits per heavy atom. The highest BCUT2D eigenvalue weighted by Gasteiger charge is 2.26. The molecule has 1 heterocycles. The molecule has 2 rings (SSSR count). The number of rotatable bonds is 2. The van der Waals surface area contributed by atoms with Gasteiger partial charge in [0, 0.05) is 6.04 Å². The molecule has 0 unspecified atom stereocenters. The quantitative estimate of drug-likeness (QED) is 0.596. The predicted octanol–water partition coefficient (Wildman–Crippen LogP) is 1.34. The van der Waals surface area contributed by atoms with E-state index >= 15 is 0 Å². The number of carbonyl (C=O) groups excluding carboxylic acids is 1. The minimum absolute atomic E-state index is 0.553. The molecule has 0 aromatic carbocycles. The van der Waals surface area contributed by atoms with Crippen molar-refractivity contribution in [3.8, 4) is 0 Å². The fraction of sp³-hybridized carbons (Fsp3) is 0.500. The standard InChI is InChI=1S/C8H10N2O/c1-6-9-4-8(5-11)10(6)7-2-3-7/h4-5,7H,2-3H2,1H3. The Morgan fingerprint density at radius 2 is 2.45 bits per heavy atom. The van der Waals surface area contributed by atoms with E-state index in [9.17, 15) is 4.79 Å². The lowest BCUT2D eigenvalue weighted by Crippen LogP contribution is -2.01. The highest BCUT2D eigenvalue weighted by atomic mass is 16.1. The van der Waals surface area contributed by atoms with Crippen LogP contribution in [0.4, 0.5) is 0 Å². The Labute approximate surface area is 65.1 Å². The molecule has 0 saturated heterocycles. The van der Waals surface area contributed by atoms with Gasteiger partial charge in [0.15, 0.2) is 6.29 Å². The van der Waals surface area contributed by atoms with E-state index in [0.717, 1.165) is 12.1 Å². The van der Waals surface area contributed by atoms with Crippen LogP contribution in [0, 0.1) is 6.92 Å². The lowest BCUT2D eigenvalue weighted by atomic mass is 10.5. The number of hydrogen-bond acceptors (Lipinski definition) is 2. The van der Waals surface area contributed by atoms with Gasteiger partial charge in [0.25, 0.3) is 0 Å². The van der Waals surface area contributed by atoms with Gasteiger partial charge in [-0.3, -0.25) is 4.79 Å². The maximum atomic E-state index is 10.5. The van der Waals surface area contributed by atoms with Crippen molar-refractivity contribution in [1.82, 2.24) is 9.55 Å². The van der Waals surface area contributed by atoms with Gasteiger partial charge in [0.2, 0.25) is 0 Å². The average molecular weight is 150 g/mol. The summed E-state index contributed by atoms with van der Waals surface area (Å²) in [6.45, 7) is 1.94. The molecule has 1 aliphatic rings. The first-order valence-electron chi connectivity index (χ1n) is 3.82. The molecule has 58 valence electrons. The minimum atomic E-state index is 0.553. The number of nitrogens with zero attached hydrogens (tertiary/aromatic N) is 2. The lowest BCUT2D eigenvalue weighted by molar-refractivity contribution is 0.111. The van der Waals surface area contributed by atoms with Crippen molar-refractivity contribution in [2.45, 2.75) is 25.8 Å². The van der Waals surface area contributed by atoms with Gasteiger partial charge < -0.3 is 4.57 Å². The van der Waals surface area contributed by atoms with Crippen molar-refractivity contribution in [3.63, 3.8) is 0 Å². The fourth-order valence-electron chi connectivity index (χ4n) is 1.37. The maximum absolute atomic E-state index is 10.5. The van der Waals surface area contributed by atoms with Gasteiger partial charge in [-0.05, 0) is 19.8 Å². The van der Waals surface area contributed by atoms with E-state index in [-0.39, 0.29) is 0 Å². The van der Waals surface area contributed by atoms with Gasteiger partial charge in [-0.15, -0.1) is 0 Å². The Hall–Kier alpha value is -1.12. The van der Waals surface area contributed by atoms with Crippen LogP contribution in [0.15, 0.2) is 6.20 Å². The first-order chi connectivity index (χ1) is 5.33. The second-order valence-electron chi connectivity index (χ2n) is 2.95. The number of carbonyl (C=O) groups is 1. The van der Waals surface area contributed by atoms with Crippen LogP contribution in [-0.2, 0) is 0 Å². The number of aryl methyl sites for hydroxylation is 1. The summed E-state index contributed by atoms with van der Waals surface area (Å²) < 4.78 is 2.02. The van der Waals surface area contributed by atoms with Crippen LogP contribution < -0.4 is 0 Å². The third-order valence-electron chi connectivity index (χ3n) is 2.04. The molecule has 1 aromatic rings. The van der Waals surface area contributed by atoms with Gasteiger partial charge in [-0.25, -0.2) is 4.98 Å². The SMILES string of the molecule is Cc1ncc(C=O)n1C1CC1. The molecule has 0 N–H and O–H groups in total. The third kappa shape index (κ3) is 0.964. The van der Waals surface area contributed by atoms with Crippen molar-refractivity contribution in [3.05, 3.63) is 17.7 Å². The Bertz CT molecular complexity index is 286. The largest absolute Gasteiger partial charge is 0.323 e. The number of hydrogen-bond donors (Lipinski definition) is 0. The van der Waals surface area contributed by atoms with Crippen molar-refractivity contribution in [2.75, 3.05) is 0 Å². The van der Waals surface area contributed by atoms with E-state index in [1.165, 1.54) is 12.8 Å². The second-order valence-corrected chi connectivity index (χ2v) is 2.95. The minimum Gasteiger partial charge on any atom is -0.323 e. The van der Waals surface area contributed by atoms with E-state index in [1.807, 2.05) is 11.5 Å². The van der Waals surface area contributed by atoms with Crippen LogP contribution in [0.3, 0.4) is 0 Å². The first-order valence-corrected chi connectivity index (χ1v) is 3.82. The zero-order chi connectivity index (χ0) is 7.84. The molecule has 0 atom stereocenters. The lowest BCUT2D eigenvalue weighted by Gasteiger charge is -2.02.